The van der Waals surface area contributed by atoms with Crippen molar-refractivity contribution in [2.45, 2.75) is 0 Å². The third-order valence-corrected chi connectivity index (χ3v) is 1.91. The molecule has 0 saturated carbocycles. The summed E-state index contributed by atoms with van der Waals surface area (Å²) in [7, 11) is 0. The Labute approximate surface area is 81.4 Å². The molecular weight excluding hydrogens is 176 g/mol. The lowest BCUT2D eigenvalue weighted by molar-refractivity contribution is 0.112. The van der Waals surface area contributed by atoms with Crippen LogP contribution in [-0.4, -0.2) is 17.3 Å². The molecule has 0 heterocycles. The molecule has 0 unspecified atom stereocenters. The van der Waals surface area contributed by atoms with Crippen molar-refractivity contribution in [1.82, 2.24) is 0 Å². The van der Waals surface area contributed by atoms with Crippen molar-refractivity contribution >= 4 is 28.0 Å². The minimum atomic E-state index is 0. The maximum absolute atomic E-state index is 10.5. The van der Waals surface area contributed by atoms with Gasteiger partial charge in [0.15, 0.2) is 0 Å². The molecule has 0 aliphatic heterocycles. The highest BCUT2D eigenvalue weighted by Crippen LogP contribution is 2.14. The Morgan fingerprint density at radius 2 is 1.62 bits per heavy atom. The maximum atomic E-state index is 10.5. The van der Waals surface area contributed by atoms with Gasteiger partial charge in [0.25, 0.3) is 0 Å². The molecule has 66 valence electrons. The Balaban J connectivity index is 0.000000845. The molecule has 0 aromatic heterocycles. The minimum absolute atomic E-state index is 0. The smallest absolute Gasteiger partial charge is 0.150 e. The van der Waals surface area contributed by atoms with Crippen molar-refractivity contribution in [3.63, 3.8) is 0 Å². The summed E-state index contributed by atoms with van der Waals surface area (Å²) in [6.07, 6.45) is 0.867. The van der Waals surface area contributed by atoms with E-state index in [1.165, 1.54) is 5.39 Å². The number of aldehydes is 1. The summed E-state index contributed by atoms with van der Waals surface area (Å²) in [5.41, 5.74) is 0.730. The van der Waals surface area contributed by atoms with Crippen molar-refractivity contribution in [2.75, 3.05) is 0 Å². The van der Waals surface area contributed by atoms with Crippen LogP contribution in [0.15, 0.2) is 42.5 Å². The van der Waals surface area contributed by atoms with E-state index in [0.29, 0.717) is 0 Å². The number of hydrogen-bond donors (Lipinski definition) is 0. The van der Waals surface area contributed by atoms with Crippen LogP contribution in [0.25, 0.3) is 10.8 Å². The van der Waals surface area contributed by atoms with Gasteiger partial charge in [-0.2, -0.15) is 0 Å². The van der Waals surface area contributed by atoms with E-state index in [1.807, 2.05) is 42.5 Å². The Hall–Kier alpha value is -1.41. The predicted molar refractivity (Wildman–Crippen MR) is 60.7 cm³/mol. The summed E-state index contributed by atoms with van der Waals surface area (Å²) in [4.78, 5) is 10.5. The third-order valence-electron chi connectivity index (χ3n) is 1.91. The zero-order valence-electron chi connectivity index (χ0n) is 6.53. The number of carbonyl (C=O) groups is 1. The SMILES string of the molecule is O=Cc1ccc2ccccc2c1.[SiH4]. The molecule has 0 aliphatic rings. The van der Waals surface area contributed by atoms with Gasteiger partial charge in [-0.1, -0.05) is 36.4 Å². The molecule has 1 nitrogen and oxygen atoms in total. The van der Waals surface area contributed by atoms with E-state index in [2.05, 4.69) is 0 Å². The second-order valence-corrected chi connectivity index (χ2v) is 2.72. The van der Waals surface area contributed by atoms with Crippen LogP contribution in [0.5, 0.6) is 0 Å². The molecular formula is C11H12OSi. The lowest BCUT2D eigenvalue weighted by atomic mass is 10.1. The molecule has 2 heteroatoms. The van der Waals surface area contributed by atoms with E-state index in [9.17, 15) is 4.79 Å². The van der Waals surface area contributed by atoms with E-state index < -0.39 is 0 Å². The highest BCUT2D eigenvalue weighted by Gasteiger charge is 1.92. The van der Waals surface area contributed by atoms with Crippen LogP contribution in [0.4, 0.5) is 0 Å². The van der Waals surface area contributed by atoms with Crippen molar-refractivity contribution in [1.29, 1.82) is 0 Å². The Kier molecular flexibility index (Phi) is 2.98. The fourth-order valence-corrected chi connectivity index (χ4v) is 1.28. The van der Waals surface area contributed by atoms with Crippen LogP contribution in [-0.2, 0) is 0 Å². The average molecular weight is 188 g/mol. The molecule has 0 aliphatic carbocycles. The van der Waals surface area contributed by atoms with Crippen LogP contribution in [0, 0.1) is 0 Å². The lowest BCUT2D eigenvalue weighted by Gasteiger charge is -1.96. The van der Waals surface area contributed by atoms with Crippen LogP contribution in [0.3, 0.4) is 0 Å². The Morgan fingerprint density at radius 3 is 2.31 bits per heavy atom. The number of fused-ring (bicyclic) bond motifs is 1. The lowest BCUT2D eigenvalue weighted by Crippen LogP contribution is -1.78. The van der Waals surface area contributed by atoms with Gasteiger partial charge in [0.1, 0.15) is 6.29 Å². The predicted octanol–water partition coefficient (Wildman–Crippen LogP) is 1.20. The van der Waals surface area contributed by atoms with Gasteiger partial charge in [-0.15, -0.1) is 0 Å². The number of benzene rings is 2. The molecule has 0 radical (unpaired) electrons. The van der Waals surface area contributed by atoms with Crippen LogP contribution in [0.2, 0.25) is 0 Å². The Bertz CT molecular complexity index is 423. The molecule has 13 heavy (non-hydrogen) atoms. The van der Waals surface area contributed by atoms with Gasteiger partial charge in [0.05, 0.1) is 0 Å². The molecule has 0 fully saturated rings. The number of hydrogen-bond acceptors (Lipinski definition) is 1. The van der Waals surface area contributed by atoms with Crippen molar-refractivity contribution in [2.24, 2.45) is 0 Å². The van der Waals surface area contributed by atoms with Gasteiger partial charge in [0, 0.05) is 5.56 Å². The highest BCUT2D eigenvalue weighted by atomic mass is 28.1. The Morgan fingerprint density at radius 1 is 0.923 bits per heavy atom. The van der Waals surface area contributed by atoms with Crippen molar-refractivity contribution in [3.05, 3.63) is 48.0 Å². The topological polar surface area (TPSA) is 17.1 Å². The van der Waals surface area contributed by atoms with Crippen molar-refractivity contribution < 1.29 is 4.79 Å². The van der Waals surface area contributed by atoms with Crippen LogP contribution < -0.4 is 0 Å². The summed E-state index contributed by atoms with van der Waals surface area (Å²) in [5.74, 6) is 0. The molecule has 0 bridgehead atoms. The average Bonchev–Trinajstić information content (AvgIpc) is 2.17. The van der Waals surface area contributed by atoms with Gasteiger partial charge in [-0.05, 0) is 27.8 Å². The first-order valence-corrected chi connectivity index (χ1v) is 3.84. The summed E-state index contributed by atoms with van der Waals surface area (Å²) >= 11 is 0. The zero-order valence-corrected chi connectivity index (χ0v) is 6.53. The first kappa shape index (κ1) is 9.67. The number of rotatable bonds is 1. The minimum Gasteiger partial charge on any atom is -0.298 e. The van der Waals surface area contributed by atoms with E-state index in [1.54, 1.807) is 0 Å². The molecule has 2 aromatic carbocycles. The van der Waals surface area contributed by atoms with E-state index in [4.69, 9.17) is 0 Å². The van der Waals surface area contributed by atoms with Gasteiger partial charge < -0.3 is 0 Å². The van der Waals surface area contributed by atoms with Gasteiger partial charge in [-0.25, -0.2) is 0 Å². The fraction of sp³-hybridized carbons (Fsp3) is 0. The highest BCUT2D eigenvalue weighted by molar-refractivity contribution is 5.88. The summed E-state index contributed by atoms with van der Waals surface area (Å²) in [6.45, 7) is 0. The van der Waals surface area contributed by atoms with Crippen LogP contribution >= 0.6 is 0 Å². The van der Waals surface area contributed by atoms with E-state index in [-0.39, 0.29) is 11.0 Å². The summed E-state index contributed by atoms with van der Waals surface area (Å²) < 4.78 is 0. The second-order valence-electron chi connectivity index (χ2n) is 2.72. The largest absolute Gasteiger partial charge is 0.298 e. The van der Waals surface area contributed by atoms with Crippen molar-refractivity contribution in [3.8, 4) is 0 Å². The monoisotopic (exact) mass is 188 g/mol. The van der Waals surface area contributed by atoms with Gasteiger partial charge in [-0.3, -0.25) is 4.79 Å². The molecule has 0 atom stereocenters. The molecule has 0 saturated heterocycles. The zero-order chi connectivity index (χ0) is 8.39. The molecule has 2 aromatic rings. The number of carbonyl (C=O) groups excluding carboxylic acids is 1. The van der Waals surface area contributed by atoms with Gasteiger partial charge >= 0.3 is 0 Å². The summed E-state index contributed by atoms with van der Waals surface area (Å²) in [5, 5.41) is 2.28. The summed E-state index contributed by atoms with van der Waals surface area (Å²) in [6, 6.07) is 13.7. The van der Waals surface area contributed by atoms with Crippen LogP contribution in [0.1, 0.15) is 10.4 Å². The second kappa shape index (κ2) is 4.01. The molecule has 2 rings (SSSR count). The fourth-order valence-electron chi connectivity index (χ4n) is 1.28. The quantitative estimate of drug-likeness (QED) is 0.485. The molecule has 0 N–H and O–H groups in total. The first-order valence-electron chi connectivity index (χ1n) is 3.84. The maximum Gasteiger partial charge on any atom is 0.150 e. The van der Waals surface area contributed by atoms with E-state index >= 15 is 0 Å². The van der Waals surface area contributed by atoms with E-state index in [0.717, 1.165) is 17.2 Å². The molecule has 0 amide bonds. The first-order chi connectivity index (χ1) is 5.90. The van der Waals surface area contributed by atoms with Gasteiger partial charge in [0.2, 0.25) is 0 Å². The third kappa shape index (κ3) is 1.84. The molecule has 0 spiro atoms. The standard InChI is InChI=1S/C11H8O.H4Si/c12-8-9-5-6-10-3-1-2-4-11(10)7-9;/h1-8H;1H4. The normalized spacial score (nSPS) is 9.23.